The summed E-state index contributed by atoms with van der Waals surface area (Å²) in [6.07, 6.45) is 0. The second-order valence-electron chi connectivity index (χ2n) is 5.04. The highest BCUT2D eigenvalue weighted by Gasteiger charge is 2.18. The molecule has 0 saturated heterocycles. The van der Waals surface area contributed by atoms with Gasteiger partial charge in [0.15, 0.2) is 11.5 Å². The lowest BCUT2D eigenvalue weighted by Gasteiger charge is -2.11. The standard InChI is InChI=1S/C17H16FN5O2/c1-2-25-14-6-4-3-5-13(14)20-17(24)15-16(22-23-21-15)19-12-9-7-11(18)8-10-12/h3-10H,2H2,1H3,(H,20,24)(H2,19,21,22,23). The van der Waals surface area contributed by atoms with Crippen molar-refractivity contribution in [3.63, 3.8) is 0 Å². The highest BCUT2D eigenvalue weighted by molar-refractivity contribution is 6.06. The minimum Gasteiger partial charge on any atom is -0.492 e. The molecule has 25 heavy (non-hydrogen) atoms. The lowest BCUT2D eigenvalue weighted by atomic mass is 10.2. The number of amides is 1. The van der Waals surface area contributed by atoms with Crippen LogP contribution in [-0.2, 0) is 0 Å². The van der Waals surface area contributed by atoms with Crippen LogP contribution in [-0.4, -0.2) is 27.9 Å². The van der Waals surface area contributed by atoms with Gasteiger partial charge in [0.2, 0.25) is 0 Å². The third-order valence-electron chi connectivity index (χ3n) is 3.31. The van der Waals surface area contributed by atoms with Crippen LogP contribution < -0.4 is 15.4 Å². The first-order chi connectivity index (χ1) is 12.2. The van der Waals surface area contributed by atoms with Gasteiger partial charge in [-0.15, -0.1) is 10.2 Å². The highest BCUT2D eigenvalue weighted by atomic mass is 19.1. The molecular formula is C17H16FN5O2. The highest BCUT2D eigenvalue weighted by Crippen LogP contribution is 2.25. The zero-order valence-electron chi connectivity index (χ0n) is 13.4. The lowest BCUT2D eigenvalue weighted by molar-refractivity contribution is 0.102. The molecule has 0 atom stereocenters. The normalized spacial score (nSPS) is 10.3. The van der Waals surface area contributed by atoms with E-state index in [0.29, 0.717) is 23.7 Å². The summed E-state index contributed by atoms with van der Waals surface area (Å²) in [6, 6.07) is 12.8. The lowest BCUT2D eigenvalue weighted by Crippen LogP contribution is -2.15. The van der Waals surface area contributed by atoms with Gasteiger partial charge in [-0.05, 0) is 43.3 Å². The van der Waals surface area contributed by atoms with E-state index in [9.17, 15) is 9.18 Å². The molecule has 0 radical (unpaired) electrons. The maximum absolute atomic E-state index is 13.0. The average molecular weight is 341 g/mol. The number of carbonyl (C=O) groups excluding carboxylic acids is 1. The number of aromatic nitrogens is 3. The van der Waals surface area contributed by atoms with Gasteiger partial charge in [0.05, 0.1) is 12.3 Å². The zero-order valence-corrected chi connectivity index (χ0v) is 13.4. The summed E-state index contributed by atoms with van der Waals surface area (Å²) in [6.45, 7) is 2.34. The van der Waals surface area contributed by atoms with E-state index >= 15 is 0 Å². The van der Waals surface area contributed by atoms with E-state index in [1.165, 1.54) is 24.3 Å². The van der Waals surface area contributed by atoms with E-state index in [1.807, 2.05) is 13.0 Å². The summed E-state index contributed by atoms with van der Waals surface area (Å²) in [7, 11) is 0. The molecular weight excluding hydrogens is 325 g/mol. The number of nitrogens with one attached hydrogen (secondary N) is 3. The van der Waals surface area contributed by atoms with E-state index in [-0.39, 0.29) is 17.3 Å². The molecule has 8 heteroatoms. The Morgan fingerprint density at radius 1 is 1.16 bits per heavy atom. The summed E-state index contributed by atoms with van der Waals surface area (Å²) >= 11 is 0. The van der Waals surface area contributed by atoms with Crippen molar-refractivity contribution in [2.45, 2.75) is 6.92 Å². The first kappa shape index (κ1) is 16.4. The second-order valence-corrected chi connectivity index (χ2v) is 5.04. The molecule has 0 fully saturated rings. The number of carbonyl (C=O) groups is 1. The first-order valence-corrected chi connectivity index (χ1v) is 7.64. The number of anilines is 3. The van der Waals surface area contributed by atoms with Crippen LogP contribution >= 0.6 is 0 Å². The number of nitrogens with zero attached hydrogens (tertiary/aromatic N) is 2. The predicted octanol–water partition coefficient (Wildman–Crippen LogP) is 3.34. The molecule has 1 amide bonds. The van der Waals surface area contributed by atoms with E-state index < -0.39 is 5.91 Å². The van der Waals surface area contributed by atoms with Crippen molar-refractivity contribution >= 4 is 23.1 Å². The van der Waals surface area contributed by atoms with Gasteiger partial charge in [0, 0.05) is 5.69 Å². The molecule has 3 N–H and O–H groups in total. The van der Waals surface area contributed by atoms with Crippen LogP contribution in [0.3, 0.4) is 0 Å². The summed E-state index contributed by atoms with van der Waals surface area (Å²) in [5, 5.41) is 15.9. The Hall–Kier alpha value is -3.42. The molecule has 0 aliphatic carbocycles. The number of aromatic amines is 1. The molecule has 7 nitrogen and oxygen atoms in total. The van der Waals surface area contributed by atoms with Gasteiger partial charge in [-0.3, -0.25) is 4.79 Å². The Morgan fingerprint density at radius 2 is 1.92 bits per heavy atom. The van der Waals surface area contributed by atoms with Gasteiger partial charge in [-0.2, -0.15) is 5.21 Å². The Morgan fingerprint density at radius 3 is 2.68 bits per heavy atom. The largest absolute Gasteiger partial charge is 0.492 e. The van der Waals surface area contributed by atoms with Crippen molar-refractivity contribution in [3.05, 3.63) is 60.0 Å². The average Bonchev–Trinajstić information content (AvgIpc) is 3.07. The van der Waals surface area contributed by atoms with Gasteiger partial charge in [0.1, 0.15) is 11.6 Å². The van der Waals surface area contributed by atoms with Crippen LogP contribution in [0.4, 0.5) is 21.6 Å². The number of hydrogen-bond donors (Lipinski definition) is 3. The monoisotopic (exact) mass is 341 g/mol. The second kappa shape index (κ2) is 7.43. The van der Waals surface area contributed by atoms with Crippen LogP contribution in [0.5, 0.6) is 5.75 Å². The molecule has 0 aliphatic heterocycles. The van der Waals surface area contributed by atoms with Crippen LogP contribution in [0, 0.1) is 5.82 Å². The SMILES string of the molecule is CCOc1ccccc1NC(=O)c1n[nH]nc1Nc1ccc(F)cc1. The number of ether oxygens (including phenoxy) is 1. The van der Waals surface area contributed by atoms with Gasteiger partial charge in [-0.25, -0.2) is 4.39 Å². The quantitative estimate of drug-likeness (QED) is 0.639. The van der Waals surface area contributed by atoms with Crippen molar-refractivity contribution in [2.24, 2.45) is 0 Å². The fraction of sp³-hybridized carbons (Fsp3) is 0.118. The van der Waals surface area contributed by atoms with Gasteiger partial charge in [0.25, 0.3) is 5.91 Å². The number of H-pyrrole nitrogens is 1. The Labute approximate surface area is 143 Å². The van der Waals surface area contributed by atoms with Crippen molar-refractivity contribution in [2.75, 3.05) is 17.2 Å². The number of rotatable bonds is 6. The van der Waals surface area contributed by atoms with Crippen LogP contribution in [0.2, 0.25) is 0 Å². The molecule has 1 heterocycles. The number of hydrogen-bond acceptors (Lipinski definition) is 5. The number of benzene rings is 2. The maximum atomic E-state index is 13.0. The van der Waals surface area contributed by atoms with Crippen LogP contribution in [0.1, 0.15) is 17.4 Å². The van der Waals surface area contributed by atoms with Crippen molar-refractivity contribution in [3.8, 4) is 5.75 Å². The third-order valence-corrected chi connectivity index (χ3v) is 3.31. The van der Waals surface area contributed by atoms with Crippen LogP contribution in [0.25, 0.3) is 0 Å². The molecule has 0 spiro atoms. The molecule has 0 unspecified atom stereocenters. The molecule has 3 rings (SSSR count). The molecule has 1 aromatic heterocycles. The molecule has 0 bridgehead atoms. The number of halogens is 1. The first-order valence-electron chi connectivity index (χ1n) is 7.64. The summed E-state index contributed by atoms with van der Waals surface area (Å²) in [5.74, 6) is -0.00500. The molecule has 128 valence electrons. The fourth-order valence-electron chi connectivity index (χ4n) is 2.18. The van der Waals surface area contributed by atoms with Gasteiger partial charge in [-0.1, -0.05) is 12.1 Å². The smallest absolute Gasteiger partial charge is 0.280 e. The third kappa shape index (κ3) is 3.92. The zero-order chi connectivity index (χ0) is 17.6. The molecule has 2 aromatic carbocycles. The molecule has 0 saturated carbocycles. The minimum absolute atomic E-state index is 0.0793. The van der Waals surface area contributed by atoms with E-state index in [1.54, 1.807) is 18.2 Å². The van der Waals surface area contributed by atoms with Crippen molar-refractivity contribution in [1.82, 2.24) is 15.4 Å². The summed E-state index contributed by atoms with van der Waals surface area (Å²) in [5.41, 5.74) is 1.19. The van der Waals surface area contributed by atoms with Crippen molar-refractivity contribution < 1.29 is 13.9 Å². The fourth-order valence-corrected chi connectivity index (χ4v) is 2.18. The molecule has 0 aliphatic rings. The van der Waals surface area contributed by atoms with E-state index in [4.69, 9.17) is 4.74 Å². The summed E-state index contributed by atoms with van der Waals surface area (Å²) < 4.78 is 18.5. The topological polar surface area (TPSA) is 91.9 Å². The maximum Gasteiger partial charge on any atom is 0.280 e. The molecule has 3 aromatic rings. The Bertz CT molecular complexity index is 863. The minimum atomic E-state index is -0.453. The van der Waals surface area contributed by atoms with E-state index in [0.717, 1.165) is 0 Å². The predicted molar refractivity (Wildman–Crippen MR) is 91.6 cm³/mol. The Balaban J connectivity index is 1.78. The van der Waals surface area contributed by atoms with Gasteiger partial charge >= 0.3 is 0 Å². The van der Waals surface area contributed by atoms with Gasteiger partial charge < -0.3 is 15.4 Å². The van der Waals surface area contributed by atoms with Crippen LogP contribution in [0.15, 0.2) is 48.5 Å². The van der Waals surface area contributed by atoms with E-state index in [2.05, 4.69) is 26.0 Å². The Kier molecular flexibility index (Phi) is 4.89. The van der Waals surface area contributed by atoms with Crippen molar-refractivity contribution in [1.29, 1.82) is 0 Å². The summed E-state index contributed by atoms with van der Waals surface area (Å²) in [4.78, 5) is 12.5. The number of para-hydroxylation sites is 2.